The van der Waals surface area contributed by atoms with Crippen LogP contribution in [0.25, 0.3) is 0 Å². The van der Waals surface area contributed by atoms with Gasteiger partial charge < -0.3 is 16.0 Å². The first kappa shape index (κ1) is 18.3. The Labute approximate surface area is 144 Å². The zero-order valence-corrected chi connectivity index (χ0v) is 15.0. The summed E-state index contributed by atoms with van der Waals surface area (Å²) in [6.07, 6.45) is 5.48. The number of carbonyl (C=O) groups excluding carboxylic acids is 2. The quantitative estimate of drug-likeness (QED) is 0.877. The van der Waals surface area contributed by atoms with Crippen molar-refractivity contribution in [2.75, 3.05) is 11.9 Å². The molecule has 0 saturated carbocycles. The Bertz CT molecular complexity index is 598. The number of nitrogens with two attached hydrogens (primary N) is 1. The second-order valence-electron chi connectivity index (χ2n) is 7.15. The van der Waals surface area contributed by atoms with Gasteiger partial charge >= 0.3 is 6.03 Å². The molecule has 24 heavy (non-hydrogen) atoms. The molecule has 3 N–H and O–H groups in total. The maximum absolute atomic E-state index is 12.8. The molecule has 1 aromatic carbocycles. The highest BCUT2D eigenvalue weighted by Crippen LogP contribution is 2.24. The molecule has 1 saturated heterocycles. The number of aryl methyl sites for hydroxylation is 1. The highest BCUT2D eigenvalue weighted by Gasteiger charge is 2.26. The van der Waals surface area contributed by atoms with E-state index in [2.05, 4.69) is 19.2 Å². The van der Waals surface area contributed by atoms with E-state index in [4.69, 9.17) is 5.73 Å². The summed E-state index contributed by atoms with van der Waals surface area (Å²) in [4.78, 5) is 26.2. The number of carbonyl (C=O) groups is 2. The predicted octanol–water partition coefficient (Wildman–Crippen LogP) is 3.92. The summed E-state index contributed by atoms with van der Waals surface area (Å²) < 4.78 is 0. The predicted molar refractivity (Wildman–Crippen MR) is 97.1 cm³/mol. The third-order valence-electron chi connectivity index (χ3n) is 4.64. The summed E-state index contributed by atoms with van der Waals surface area (Å²) in [5.41, 5.74) is 7.27. The molecule has 1 fully saturated rings. The van der Waals surface area contributed by atoms with Crippen molar-refractivity contribution in [2.24, 2.45) is 11.7 Å². The Balaban J connectivity index is 2.14. The van der Waals surface area contributed by atoms with E-state index in [1.54, 1.807) is 6.07 Å². The number of nitrogens with zero attached hydrogens (tertiary/aromatic N) is 1. The second-order valence-corrected chi connectivity index (χ2v) is 7.15. The van der Waals surface area contributed by atoms with Crippen molar-refractivity contribution >= 4 is 17.6 Å². The van der Waals surface area contributed by atoms with E-state index in [1.807, 2.05) is 24.0 Å². The third kappa shape index (κ3) is 4.73. The van der Waals surface area contributed by atoms with Crippen LogP contribution in [0.5, 0.6) is 0 Å². The van der Waals surface area contributed by atoms with Crippen LogP contribution in [0, 0.1) is 12.8 Å². The van der Waals surface area contributed by atoms with Crippen molar-refractivity contribution in [3.63, 3.8) is 0 Å². The van der Waals surface area contributed by atoms with Gasteiger partial charge in [-0.2, -0.15) is 0 Å². The number of hydrogen-bond donors (Lipinski definition) is 2. The van der Waals surface area contributed by atoms with Gasteiger partial charge in [0.1, 0.15) is 0 Å². The molecule has 1 unspecified atom stereocenters. The van der Waals surface area contributed by atoms with E-state index < -0.39 is 5.91 Å². The molecule has 2 rings (SSSR count). The molecule has 0 radical (unpaired) electrons. The van der Waals surface area contributed by atoms with Crippen LogP contribution in [-0.4, -0.2) is 29.4 Å². The molecule has 0 aromatic heterocycles. The van der Waals surface area contributed by atoms with Crippen LogP contribution in [-0.2, 0) is 0 Å². The number of amides is 3. The standard InChI is InChI=1S/C19H29N3O2/c1-13(2)11-16-7-5-4-6-10-22(16)19(24)21-15-9-8-14(3)17(12-15)18(20)23/h8-9,12-13,16H,4-7,10-11H2,1-3H3,(H2,20,23)(H,21,24). The van der Waals surface area contributed by atoms with Crippen LogP contribution in [0.3, 0.4) is 0 Å². The van der Waals surface area contributed by atoms with Gasteiger partial charge in [0.2, 0.25) is 5.91 Å². The number of benzene rings is 1. The van der Waals surface area contributed by atoms with E-state index in [1.165, 1.54) is 12.8 Å². The second kappa shape index (κ2) is 8.18. The van der Waals surface area contributed by atoms with Crippen molar-refractivity contribution in [2.45, 2.75) is 58.9 Å². The first-order valence-electron chi connectivity index (χ1n) is 8.86. The molecule has 0 bridgehead atoms. The van der Waals surface area contributed by atoms with Crippen molar-refractivity contribution in [1.82, 2.24) is 4.90 Å². The molecule has 132 valence electrons. The molecule has 3 amide bonds. The Morgan fingerprint density at radius 1 is 1.29 bits per heavy atom. The first-order chi connectivity index (χ1) is 11.4. The van der Waals surface area contributed by atoms with Gasteiger partial charge in [0.15, 0.2) is 0 Å². The highest BCUT2D eigenvalue weighted by atomic mass is 16.2. The van der Waals surface area contributed by atoms with Gasteiger partial charge in [-0.05, 0) is 49.8 Å². The molecule has 1 atom stereocenters. The summed E-state index contributed by atoms with van der Waals surface area (Å²) in [6, 6.07) is 5.49. The molecular weight excluding hydrogens is 302 g/mol. The minimum Gasteiger partial charge on any atom is -0.366 e. The van der Waals surface area contributed by atoms with Crippen LogP contribution < -0.4 is 11.1 Å². The van der Waals surface area contributed by atoms with Gasteiger partial charge in [-0.15, -0.1) is 0 Å². The average Bonchev–Trinajstić information content (AvgIpc) is 2.73. The molecule has 1 aliphatic rings. The van der Waals surface area contributed by atoms with Crippen LogP contribution in [0.2, 0.25) is 0 Å². The monoisotopic (exact) mass is 331 g/mol. The summed E-state index contributed by atoms with van der Waals surface area (Å²) >= 11 is 0. The summed E-state index contributed by atoms with van der Waals surface area (Å²) in [5, 5.41) is 2.94. The SMILES string of the molecule is Cc1ccc(NC(=O)N2CCCCCC2CC(C)C)cc1C(N)=O. The van der Waals surface area contributed by atoms with Crippen molar-refractivity contribution in [3.05, 3.63) is 29.3 Å². The third-order valence-corrected chi connectivity index (χ3v) is 4.64. The van der Waals surface area contributed by atoms with Gasteiger partial charge in [-0.1, -0.05) is 32.8 Å². The Morgan fingerprint density at radius 3 is 2.71 bits per heavy atom. The Hall–Kier alpha value is -2.04. The van der Waals surface area contributed by atoms with E-state index >= 15 is 0 Å². The average molecular weight is 331 g/mol. The minimum atomic E-state index is -0.476. The van der Waals surface area contributed by atoms with Crippen LogP contribution in [0.4, 0.5) is 10.5 Å². The van der Waals surface area contributed by atoms with E-state index in [0.29, 0.717) is 17.2 Å². The molecule has 1 heterocycles. The summed E-state index contributed by atoms with van der Waals surface area (Å²) in [5.74, 6) is 0.0836. The Morgan fingerprint density at radius 2 is 2.04 bits per heavy atom. The molecule has 1 aliphatic heterocycles. The van der Waals surface area contributed by atoms with Crippen molar-refractivity contribution in [1.29, 1.82) is 0 Å². The molecule has 0 spiro atoms. The first-order valence-corrected chi connectivity index (χ1v) is 8.86. The largest absolute Gasteiger partial charge is 0.366 e. The van der Waals surface area contributed by atoms with Crippen LogP contribution >= 0.6 is 0 Å². The fourth-order valence-electron chi connectivity index (χ4n) is 3.39. The maximum atomic E-state index is 12.8. The fourth-order valence-corrected chi connectivity index (χ4v) is 3.39. The lowest BCUT2D eigenvalue weighted by molar-refractivity contribution is 0.0999. The number of rotatable bonds is 4. The lowest BCUT2D eigenvalue weighted by Gasteiger charge is -2.31. The van der Waals surface area contributed by atoms with E-state index in [-0.39, 0.29) is 12.1 Å². The smallest absolute Gasteiger partial charge is 0.322 e. The van der Waals surface area contributed by atoms with Crippen molar-refractivity contribution in [3.8, 4) is 0 Å². The molecule has 5 nitrogen and oxygen atoms in total. The van der Waals surface area contributed by atoms with Gasteiger partial charge in [-0.25, -0.2) is 4.79 Å². The zero-order chi connectivity index (χ0) is 17.7. The lowest BCUT2D eigenvalue weighted by Crippen LogP contribution is -2.43. The molecule has 1 aromatic rings. The summed E-state index contributed by atoms with van der Waals surface area (Å²) in [6.45, 7) is 7.01. The molecule has 5 heteroatoms. The van der Waals surface area contributed by atoms with Gasteiger partial charge in [0, 0.05) is 23.8 Å². The zero-order valence-electron chi connectivity index (χ0n) is 15.0. The van der Waals surface area contributed by atoms with Gasteiger partial charge in [0.25, 0.3) is 0 Å². The van der Waals surface area contributed by atoms with Crippen LogP contribution in [0.15, 0.2) is 18.2 Å². The highest BCUT2D eigenvalue weighted by molar-refractivity contribution is 5.97. The van der Waals surface area contributed by atoms with Gasteiger partial charge in [-0.3, -0.25) is 4.79 Å². The fraction of sp³-hybridized carbons (Fsp3) is 0.579. The number of urea groups is 1. The van der Waals surface area contributed by atoms with E-state index in [9.17, 15) is 9.59 Å². The summed E-state index contributed by atoms with van der Waals surface area (Å²) in [7, 11) is 0. The number of likely N-dealkylation sites (tertiary alicyclic amines) is 1. The number of anilines is 1. The number of hydrogen-bond acceptors (Lipinski definition) is 2. The van der Waals surface area contributed by atoms with Gasteiger partial charge in [0.05, 0.1) is 0 Å². The molecular formula is C19H29N3O2. The minimum absolute atomic E-state index is 0.0816. The normalized spacial score (nSPS) is 18.3. The Kier molecular flexibility index (Phi) is 6.23. The lowest BCUT2D eigenvalue weighted by atomic mass is 9.99. The van der Waals surface area contributed by atoms with Crippen LogP contribution in [0.1, 0.15) is 61.9 Å². The maximum Gasteiger partial charge on any atom is 0.322 e. The topological polar surface area (TPSA) is 75.4 Å². The molecule has 0 aliphatic carbocycles. The number of primary amides is 1. The number of nitrogens with one attached hydrogen (secondary N) is 1. The van der Waals surface area contributed by atoms with Crippen molar-refractivity contribution < 1.29 is 9.59 Å². The van der Waals surface area contributed by atoms with E-state index in [0.717, 1.165) is 31.4 Å².